The van der Waals surface area contributed by atoms with Crippen molar-refractivity contribution < 1.29 is 4.79 Å². The Morgan fingerprint density at radius 1 is 1.32 bits per heavy atom. The highest BCUT2D eigenvalue weighted by Crippen LogP contribution is 2.25. The molecule has 1 aliphatic rings. The Bertz CT molecular complexity index is 449. The Labute approximate surface area is 115 Å². The van der Waals surface area contributed by atoms with Crippen LogP contribution in [0.2, 0.25) is 0 Å². The first-order valence-electron chi connectivity index (χ1n) is 6.88. The van der Waals surface area contributed by atoms with Gasteiger partial charge in [0.05, 0.1) is 0 Å². The molecule has 1 amide bonds. The molecule has 102 valence electrons. The first-order chi connectivity index (χ1) is 9.16. The van der Waals surface area contributed by atoms with Gasteiger partial charge in [-0.15, -0.1) is 0 Å². The van der Waals surface area contributed by atoms with Gasteiger partial charge < -0.3 is 10.6 Å². The Hall–Kier alpha value is -1.61. The third kappa shape index (κ3) is 3.93. The van der Waals surface area contributed by atoms with Crippen LogP contribution in [0.1, 0.15) is 31.7 Å². The van der Waals surface area contributed by atoms with E-state index in [0.717, 1.165) is 25.1 Å². The van der Waals surface area contributed by atoms with Crippen LogP contribution in [0.3, 0.4) is 0 Å². The molecule has 0 saturated carbocycles. The highest BCUT2D eigenvalue weighted by atomic mass is 16.1. The van der Waals surface area contributed by atoms with E-state index in [0.29, 0.717) is 5.92 Å². The second-order valence-corrected chi connectivity index (χ2v) is 5.35. The number of piperidine rings is 1. The maximum absolute atomic E-state index is 11.9. The second kappa shape index (κ2) is 6.53. The summed E-state index contributed by atoms with van der Waals surface area (Å²) in [6.45, 7) is 5.72. The molecule has 3 nitrogen and oxygen atoms in total. The van der Waals surface area contributed by atoms with Crippen molar-refractivity contribution in [3.63, 3.8) is 0 Å². The maximum Gasteiger partial charge on any atom is 0.244 e. The normalized spacial score (nSPS) is 22.6. The largest absolute Gasteiger partial charge is 0.348 e. The number of hydrogen-bond donors (Lipinski definition) is 2. The number of allylic oxidation sites excluding steroid dienone is 1. The number of amides is 1. The first-order valence-corrected chi connectivity index (χ1v) is 6.88. The van der Waals surface area contributed by atoms with E-state index in [1.54, 1.807) is 6.08 Å². The number of benzene rings is 1. The summed E-state index contributed by atoms with van der Waals surface area (Å²) in [5.41, 5.74) is 2.34. The zero-order valence-corrected chi connectivity index (χ0v) is 11.6. The fourth-order valence-corrected chi connectivity index (χ4v) is 2.60. The zero-order valence-electron chi connectivity index (χ0n) is 11.6. The molecule has 0 radical (unpaired) electrons. The average molecular weight is 258 g/mol. The molecule has 0 aliphatic carbocycles. The highest BCUT2D eigenvalue weighted by Gasteiger charge is 2.26. The fraction of sp³-hybridized carbons (Fsp3) is 0.438. The molecular weight excluding hydrogens is 236 g/mol. The van der Waals surface area contributed by atoms with E-state index in [1.807, 2.05) is 19.9 Å². The zero-order chi connectivity index (χ0) is 13.7. The van der Waals surface area contributed by atoms with Gasteiger partial charge in [0.25, 0.3) is 0 Å². The Balaban J connectivity index is 2.08. The van der Waals surface area contributed by atoms with Crippen molar-refractivity contribution in [2.45, 2.75) is 32.2 Å². The molecule has 1 heterocycles. The summed E-state index contributed by atoms with van der Waals surface area (Å²) in [7, 11) is 0. The molecule has 0 aromatic heterocycles. The van der Waals surface area contributed by atoms with Crippen molar-refractivity contribution in [2.24, 2.45) is 0 Å². The molecule has 2 N–H and O–H groups in total. The van der Waals surface area contributed by atoms with Crippen LogP contribution >= 0.6 is 0 Å². The summed E-state index contributed by atoms with van der Waals surface area (Å²) >= 11 is 0. The van der Waals surface area contributed by atoms with E-state index in [9.17, 15) is 4.79 Å². The van der Waals surface area contributed by atoms with Crippen LogP contribution in [-0.4, -0.2) is 25.0 Å². The van der Waals surface area contributed by atoms with Gasteiger partial charge in [-0.1, -0.05) is 35.9 Å². The second-order valence-electron chi connectivity index (χ2n) is 5.35. The fourth-order valence-electron chi connectivity index (χ4n) is 2.60. The minimum absolute atomic E-state index is 0.00892. The molecule has 1 saturated heterocycles. The maximum atomic E-state index is 11.9. The van der Waals surface area contributed by atoms with Gasteiger partial charge in [-0.3, -0.25) is 4.79 Å². The monoisotopic (exact) mass is 258 g/mol. The third-order valence-corrected chi connectivity index (χ3v) is 3.46. The van der Waals surface area contributed by atoms with Crippen LogP contribution in [0, 0.1) is 0 Å². The molecular formula is C16H22N2O. The van der Waals surface area contributed by atoms with Gasteiger partial charge in [-0.25, -0.2) is 0 Å². The summed E-state index contributed by atoms with van der Waals surface area (Å²) in [6.07, 6.45) is 2.72. The van der Waals surface area contributed by atoms with E-state index < -0.39 is 0 Å². The minimum Gasteiger partial charge on any atom is -0.348 e. The van der Waals surface area contributed by atoms with Crippen molar-refractivity contribution in [3.05, 3.63) is 47.5 Å². The quantitative estimate of drug-likeness (QED) is 0.816. The predicted octanol–water partition coefficient (Wildman–Crippen LogP) is 2.21. The topological polar surface area (TPSA) is 41.1 Å². The lowest BCUT2D eigenvalue weighted by atomic mass is 9.86. The van der Waals surface area contributed by atoms with Crippen molar-refractivity contribution in [1.29, 1.82) is 0 Å². The summed E-state index contributed by atoms with van der Waals surface area (Å²) in [5.74, 6) is 0.409. The van der Waals surface area contributed by atoms with Gasteiger partial charge in [0.1, 0.15) is 0 Å². The van der Waals surface area contributed by atoms with E-state index in [1.165, 1.54) is 5.56 Å². The van der Waals surface area contributed by atoms with Gasteiger partial charge in [0.2, 0.25) is 5.91 Å². The molecule has 1 aromatic carbocycles. The van der Waals surface area contributed by atoms with E-state index in [-0.39, 0.29) is 11.9 Å². The molecule has 1 aromatic rings. The van der Waals surface area contributed by atoms with E-state index in [4.69, 9.17) is 0 Å². The molecule has 1 aliphatic heterocycles. The molecule has 0 bridgehead atoms. The van der Waals surface area contributed by atoms with Gasteiger partial charge in [-0.05, 0) is 32.4 Å². The minimum atomic E-state index is 0.00892. The van der Waals surface area contributed by atoms with Crippen molar-refractivity contribution in [3.8, 4) is 0 Å². The van der Waals surface area contributed by atoms with Gasteiger partial charge >= 0.3 is 0 Å². The summed E-state index contributed by atoms with van der Waals surface area (Å²) in [6, 6.07) is 10.6. The van der Waals surface area contributed by atoms with Crippen LogP contribution in [-0.2, 0) is 4.79 Å². The highest BCUT2D eigenvalue weighted by molar-refractivity contribution is 5.88. The Morgan fingerprint density at radius 2 is 2.05 bits per heavy atom. The number of carbonyl (C=O) groups is 1. The average Bonchev–Trinajstić information content (AvgIpc) is 2.39. The SMILES string of the molecule is CC(C)=CC(=O)NC1CNCCC1c1ccccc1. The van der Waals surface area contributed by atoms with E-state index >= 15 is 0 Å². The van der Waals surface area contributed by atoms with Crippen molar-refractivity contribution in [2.75, 3.05) is 13.1 Å². The molecule has 2 rings (SSSR count). The summed E-state index contributed by atoms with van der Waals surface area (Å²) in [5, 5.41) is 6.48. The predicted molar refractivity (Wildman–Crippen MR) is 78.0 cm³/mol. The summed E-state index contributed by atoms with van der Waals surface area (Å²) in [4.78, 5) is 11.9. The third-order valence-electron chi connectivity index (χ3n) is 3.46. The van der Waals surface area contributed by atoms with Crippen LogP contribution in [0.25, 0.3) is 0 Å². The number of rotatable bonds is 3. The van der Waals surface area contributed by atoms with Gasteiger partial charge in [0.15, 0.2) is 0 Å². The lowest BCUT2D eigenvalue weighted by Gasteiger charge is -2.33. The van der Waals surface area contributed by atoms with E-state index in [2.05, 4.69) is 34.9 Å². The number of nitrogens with one attached hydrogen (secondary N) is 2. The lowest BCUT2D eigenvalue weighted by Crippen LogP contribution is -2.49. The number of hydrogen-bond acceptors (Lipinski definition) is 2. The Kier molecular flexibility index (Phi) is 4.74. The Morgan fingerprint density at radius 3 is 2.74 bits per heavy atom. The standard InChI is InChI=1S/C16H22N2O/c1-12(2)10-16(19)18-15-11-17-9-8-14(15)13-6-4-3-5-7-13/h3-7,10,14-15,17H,8-9,11H2,1-2H3,(H,18,19). The molecule has 2 unspecified atom stereocenters. The number of carbonyl (C=O) groups excluding carboxylic acids is 1. The molecule has 1 fully saturated rings. The van der Waals surface area contributed by atoms with Gasteiger partial charge in [-0.2, -0.15) is 0 Å². The van der Waals surface area contributed by atoms with Crippen LogP contribution < -0.4 is 10.6 Å². The lowest BCUT2D eigenvalue weighted by molar-refractivity contribution is -0.117. The molecule has 0 spiro atoms. The molecule has 3 heteroatoms. The molecule has 2 atom stereocenters. The van der Waals surface area contributed by atoms with Gasteiger partial charge in [0, 0.05) is 24.6 Å². The van der Waals surface area contributed by atoms with Crippen LogP contribution in [0.5, 0.6) is 0 Å². The summed E-state index contributed by atoms with van der Waals surface area (Å²) < 4.78 is 0. The smallest absolute Gasteiger partial charge is 0.244 e. The van der Waals surface area contributed by atoms with Crippen molar-refractivity contribution >= 4 is 5.91 Å². The molecule has 19 heavy (non-hydrogen) atoms. The first kappa shape index (κ1) is 13.8. The van der Waals surface area contributed by atoms with Crippen molar-refractivity contribution in [1.82, 2.24) is 10.6 Å². The van der Waals surface area contributed by atoms with Crippen LogP contribution in [0.15, 0.2) is 42.0 Å². The van der Waals surface area contributed by atoms with Crippen LogP contribution in [0.4, 0.5) is 0 Å².